The molecule has 1 amide bonds. The number of carbonyl (C=O) groups is 1. The van der Waals surface area contributed by atoms with Gasteiger partial charge in [-0.1, -0.05) is 42.5 Å². The van der Waals surface area contributed by atoms with Crippen molar-refractivity contribution in [1.29, 1.82) is 0 Å². The first kappa shape index (κ1) is 30.1. The highest BCUT2D eigenvalue weighted by molar-refractivity contribution is 9.11. The first-order valence-electron chi connectivity index (χ1n) is 12.1. The van der Waals surface area contributed by atoms with Crippen LogP contribution in [-0.2, 0) is 19.4 Å². The lowest BCUT2D eigenvalue weighted by molar-refractivity contribution is -0.137. The van der Waals surface area contributed by atoms with E-state index in [-0.39, 0.29) is 12.2 Å². The van der Waals surface area contributed by atoms with E-state index in [1.54, 1.807) is 19.2 Å². The Morgan fingerprint density at radius 1 is 0.854 bits per heavy atom. The van der Waals surface area contributed by atoms with Gasteiger partial charge in [0, 0.05) is 5.56 Å². The van der Waals surface area contributed by atoms with Crippen LogP contribution in [0.4, 0.5) is 13.2 Å². The van der Waals surface area contributed by atoms with Gasteiger partial charge in [-0.05, 0) is 91.0 Å². The maximum absolute atomic E-state index is 12.9. The van der Waals surface area contributed by atoms with Gasteiger partial charge in [0.2, 0.25) is 0 Å². The van der Waals surface area contributed by atoms with E-state index in [2.05, 4.69) is 42.4 Å². The van der Waals surface area contributed by atoms with Gasteiger partial charge in [0.05, 0.1) is 27.8 Å². The van der Waals surface area contributed by atoms with Crippen LogP contribution < -0.4 is 19.6 Å². The second-order valence-electron chi connectivity index (χ2n) is 8.64. The van der Waals surface area contributed by atoms with E-state index in [0.717, 1.165) is 23.3 Å². The van der Waals surface area contributed by atoms with Gasteiger partial charge in [-0.15, -0.1) is 0 Å². The molecular weight excluding hydrogens is 669 g/mol. The molecule has 212 valence electrons. The number of ether oxygens (including phenoxy) is 3. The minimum atomic E-state index is -4.55. The second-order valence-corrected chi connectivity index (χ2v) is 10.3. The van der Waals surface area contributed by atoms with Crippen molar-refractivity contribution in [1.82, 2.24) is 5.43 Å². The van der Waals surface area contributed by atoms with Crippen LogP contribution in [0.3, 0.4) is 0 Å². The fourth-order valence-electron chi connectivity index (χ4n) is 3.67. The number of carbonyl (C=O) groups excluding carboxylic acids is 1. The molecule has 0 aromatic heterocycles. The Morgan fingerprint density at radius 2 is 1.56 bits per heavy atom. The quantitative estimate of drug-likeness (QED) is 0.135. The number of rotatable bonds is 10. The standard InChI is InChI=1S/C30H23Br2F3N2O4/c1-39-27-14-20(10-11-26(27)40-17-19-6-3-2-4-7-19)18-41-28-24(31)12-21(13-25(28)32)16-36-37-29(38)22-8-5-9-23(15-22)30(33,34)35/h2-16H,17-18H2,1H3,(H,37,38)/b36-16+. The van der Waals surface area contributed by atoms with Crippen LogP contribution in [0.2, 0.25) is 0 Å². The highest BCUT2D eigenvalue weighted by Crippen LogP contribution is 2.36. The minimum Gasteiger partial charge on any atom is -0.493 e. The molecule has 41 heavy (non-hydrogen) atoms. The van der Waals surface area contributed by atoms with Crippen LogP contribution in [0.15, 0.2) is 99.0 Å². The average molecular weight is 692 g/mol. The first-order valence-corrected chi connectivity index (χ1v) is 13.7. The monoisotopic (exact) mass is 690 g/mol. The summed E-state index contributed by atoms with van der Waals surface area (Å²) >= 11 is 6.97. The third kappa shape index (κ3) is 8.34. The molecule has 0 radical (unpaired) electrons. The van der Waals surface area contributed by atoms with Gasteiger partial charge in [-0.2, -0.15) is 18.3 Å². The molecule has 0 aliphatic rings. The largest absolute Gasteiger partial charge is 0.493 e. The number of hydrazone groups is 1. The molecule has 0 heterocycles. The predicted octanol–water partition coefficient (Wildman–Crippen LogP) is 8.16. The van der Waals surface area contributed by atoms with Crippen molar-refractivity contribution in [2.45, 2.75) is 19.4 Å². The summed E-state index contributed by atoms with van der Waals surface area (Å²) in [6.07, 6.45) is -3.18. The number of methoxy groups -OCH3 is 1. The molecule has 0 unspecified atom stereocenters. The van der Waals surface area contributed by atoms with Crippen molar-refractivity contribution in [3.8, 4) is 17.2 Å². The molecule has 0 aliphatic carbocycles. The van der Waals surface area contributed by atoms with E-state index in [0.29, 0.717) is 38.4 Å². The van der Waals surface area contributed by atoms with E-state index in [1.807, 2.05) is 48.5 Å². The molecule has 0 saturated heterocycles. The average Bonchev–Trinajstić information content (AvgIpc) is 2.96. The number of halogens is 5. The smallest absolute Gasteiger partial charge is 0.416 e. The third-order valence-corrected chi connectivity index (χ3v) is 6.88. The number of hydrogen-bond donors (Lipinski definition) is 1. The van der Waals surface area contributed by atoms with E-state index in [9.17, 15) is 18.0 Å². The maximum atomic E-state index is 12.9. The normalized spacial score (nSPS) is 11.4. The number of amides is 1. The highest BCUT2D eigenvalue weighted by Gasteiger charge is 2.30. The maximum Gasteiger partial charge on any atom is 0.416 e. The molecule has 4 aromatic carbocycles. The van der Waals surface area contributed by atoms with E-state index in [1.165, 1.54) is 18.3 Å². The topological polar surface area (TPSA) is 69.2 Å². The van der Waals surface area contributed by atoms with Crippen LogP contribution in [-0.4, -0.2) is 19.2 Å². The fraction of sp³-hybridized carbons (Fsp3) is 0.133. The summed E-state index contributed by atoms with van der Waals surface area (Å²) in [5.74, 6) is 0.973. The lowest BCUT2D eigenvalue weighted by Gasteiger charge is -2.14. The SMILES string of the molecule is COc1cc(COc2c(Br)cc(/C=N/NC(=O)c3cccc(C(F)(F)F)c3)cc2Br)ccc1OCc1ccccc1. The van der Waals surface area contributed by atoms with Gasteiger partial charge in [0.1, 0.15) is 19.0 Å². The van der Waals surface area contributed by atoms with Crippen molar-refractivity contribution in [2.24, 2.45) is 5.10 Å². The van der Waals surface area contributed by atoms with Crippen LogP contribution in [0.5, 0.6) is 17.2 Å². The number of hydrogen-bond acceptors (Lipinski definition) is 5. The third-order valence-electron chi connectivity index (χ3n) is 5.70. The molecule has 0 spiro atoms. The molecule has 11 heteroatoms. The molecule has 4 aromatic rings. The zero-order valence-corrected chi connectivity index (χ0v) is 24.7. The summed E-state index contributed by atoms with van der Waals surface area (Å²) in [6.45, 7) is 0.657. The lowest BCUT2D eigenvalue weighted by atomic mass is 10.1. The van der Waals surface area contributed by atoms with Crippen molar-refractivity contribution in [3.63, 3.8) is 0 Å². The number of benzene rings is 4. The van der Waals surface area contributed by atoms with Crippen molar-refractivity contribution >= 4 is 44.0 Å². The molecule has 6 nitrogen and oxygen atoms in total. The first-order chi connectivity index (χ1) is 19.6. The van der Waals surface area contributed by atoms with E-state index in [4.69, 9.17) is 14.2 Å². The van der Waals surface area contributed by atoms with E-state index < -0.39 is 17.6 Å². The van der Waals surface area contributed by atoms with Gasteiger partial charge in [0.15, 0.2) is 11.5 Å². The summed E-state index contributed by atoms with van der Waals surface area (Å²) in [5.41, 5.74) is 3.67. The summed E-state index contributed by atoms with van der Waals surface area (Å²) in [4.78, 5) is 12.2. The number of nitrogens with zero attached hydrogens (tertiary/aromatic N) is 1. The fourth-order valence-corrected chi connectivity index (χ4v) is 5.12. The summed E-state index contributed by atoms with van der Waals surface area (Å²) in [6, 6.07) is 22.9. The molecule has 0 saturated carbocycles. The Hall–Kier alpha value is -3.83. The van der Waals surface area contributed by atoms with Gasteiger partial charge in [-0.3, -0.25) is 4.79 Å². The second kappa shape index (κ2) is 13.7. The molecule has 4 rings (SSSR count). The summed E-state index contributed by atoms with van der Waals surface area (Å²) in [5, 5.41) is 3.86. The van der Waals surface area contributed by atoms with Crippen molar-refractivity contribution < 1.29 is 32.2 Å². The number of nitrogens with one attached hydrogen (secondary N) is 1. The van der Waals surface area contributed by atoms with Crippen LogP contribution in [0.25, 0.3) is 0 Å². The van der Waals surface area contributed by atoms with Crippen molar-refractivity contribution in [3.05, 3.63) is 122 Å². The van der Waals surface area contributed by atoms with Crippen LogP contribution in [0.1, 0.15) is 32.6 Å². The Labute approximate surface area is 251 Å². The molecule has 0 atom stereocenters. The Morgan fingerprint density at radius 3 is 2.24 bits per heavy atom. The zero-order valence-electron chi connectivity index (χ0n) is 21.5. The zero-order chi connectivity index (χ0) is 29.4. The highest BCUT2D eigenvalue weighted by atomic mass is 79.9. The summed E-state index contributed by atoms with van der Waals surface area (Å²) in [7, 11) is 1.57. The molecule has 0 fully saturated rings. The molecule has 0 bridgehead atoms. The molecular formula is C30H23Br2F3N2O4. The predicted molar refractivity (Wildman–Crippen MR) is 156 cm³/mol. The lowest BCUT2D eigenvalue weighted by Crippen LogP contribution is -2.18. The van der Waals surface area contributed by atoms with Crippen LogP contribution in [0, 0.1) is 0 Å². The van der Waals surface area contributed by atoms with Gasteiger partial charge in [-0.25, -0.2) is 5.43 Å². The van der Waals surface area contributed by atoms with Crippen molar-refractivity contribution in [2.75, 3.05) is 7.11 Å². The van der Waals surface area contributed by atoms with E-state index >= 15 is 0 Å². The Balaban J connectivity index is 1.36. The number of alkyl halides is 3. The Kier molecular flexibility index (Phi) is 10.1. The molecule has 1 N–H and O–H groups in total. The van der Waals surface area contributed by atoms with Gasteiger partial charge in [0.25, 0.3) is 5.91 Å². The summed E-state index contributed by atoms with van der Waals surface area (Å²) < 4.78 is 57.4. The Bertz CT molecular complexity index is 1520. The minimum absolute atomic E-state index is 0.157. The molecule has 0 aliphatic heterocycles. The van der Waals surface area contributed by atoms with Crippen LogP contribution >= 0.6 is 31.9 Å². The van der Waals surface area contributed by atoms with Gasteiger partial charge >= 0.3 is 6.18 Å². The van der Waals surface area contributed by atoms with Gasteiger partial charge < -0.3 is 14.2 Å².